The lowest BCUT2D eigenvalue weighted by Gasteiger charge is -2.20. The van der Waals surface area contributed by atoms with Crippen LogP contribution < -0.4 is 5.73 Å². The molecule has 1 unspecified atom stereocenters. The van der Waals surface area contributed by atoms with Crippen molar-refractivity contribution in [2.24, 2.45) is 5.73 Å². The smallest absolute Gasteiger partial charge is 0.156 e. The van der Waals surface area contributed by atoms with E-state index in [1.807, 2.05) is 13.0 Å². The van der Waals surface area contributed by atoms with E-state index in [-0.39, 0.29) is 6.04 Å². The molecule has 1 aliphatic rings. The molecule has 4 heteroatoms. The second kappa shape index (κ2) is 4.28. The average Bonchev–Trinajstić information content (AvgIpc) is 2.87. The third kappa shape index (κ3) is 1.86. The monoisotopic (exact) mass is 245 g/mol. The molecule has 2 aromatic heterocycles. The van der Waals surface area contributed by atoms with Crippen LogP contribution in [0.15, 0.2) is 16.7 Å². The van der Waals surface area contributed by atoms with Crippen LogP contribution in [-0.2, 0) is 13.0 Å². The summed E-state index contributed by atoms with van der Waals surface area (Å²) < 4.78 is 7.62. The number of aryl methyl sites for hydroxylation is 2. The van der Waals surface area contributed by atoms with Crippen molar-refractivity contribution in [2.75, 3.05) is 0 Å². The van der Waals surface area contributed by atoms with Crippen molar-refractivity contribution in [3.63, 3.8) is 0 Å². The molecule has 4 nitrogen and oxygen atoms in total. The summed E-state index contributed by atoms with van der Waals surface area (Å²) in [6, 6.07) is 4.42. The number of fused-ring (bicyclic) bond motifs is 1. The highest BCUT2D eigenvalue weighted by Crippen LogP contribution is 2.31. The number of rotatable bonds is 2. The van der Waals surface area contributed by atoms with Crippen LogP contribution in [0.2, 0.25) is 0 Å². The van der Waals surface area contributed by atoms with Gasteiger partial charge >= 0.3 is 0 Å². The third-order valence-corrected chi connectivity index (χ3v) is 3.77. The van der Waals surface area contributed by atoms with E-state index >= 15 is 0 Å². The van der Waals surface area contributed by atoms with E-state index < -0.39 is 0 Å². The molecule has 0 fully saturated rings. The molecule has 1 atom stereocenters. The zero-order valence-corrected chi connectivity index (χ0v) is 10.9. The van der Waals surface area contributed by atoms with Crippen molar-refractivity contribution in [3.05, 3.63) is 40.5 Å². The van der Waals surface area contributed by atoms with E-state index in [9.17, 15) is 0 Å². The molecule has 0 amide bonds. The van der Waals surface area contributed by atoms with Gasteiger partial charge in [-0.15, -0.1) is 0 Å². The zero-order chi connectivity index (χ0) is 12.7. The molecule has 0 aromatic carbocycles. The molecular weight excluding hydrogens is 226 g/mol. The molecular formula is C14H19N3O. The molecule has 3 rings (SSSR count). The van der Waals surface area contributed by atoms with Gasteiger partial charge in [-0.2, -0.15) is 0 Å². The first-order valence-corrected chi connectivity index (χ1v) is 6.52. The summed E-state index contributed by atoms with van der Waals surface area (Å²) in [5.74, 6) is 0.910. The van der Waals surface area contributed by atoms with Gasteiger partial charge in [-0.3, -0.25) is 0 Å². The van der Waals surface area contributed by atoms with Crippen molar-refractivity contribution in [1.29, 1.82) is 0 Å². The molecule has 0 bridgehead atoms. The number of hydrogen-bond acceptors (Lipinski definition) is 3. The highest BCUT2D eigenvalue weighted by Gasteiger charge is 2.22. The van der Waals surface area contributed by atoms with E-state index in [1.54, 1.807) is 0 Å². The normalized spacial score (nSPS) is 18.9. The van der Waals surface area contributed by atoms with Crippen LogP contribution in [0.25, 0.3) is 0 Å². The van der Waals surface area contributed by atoms with E-state index in [2.05, 4.69) is 22.7 Å². The maximum absolute atomic E-state index is 6.18. The molecule has 1 aliphatic carbocycles. The molecule has 96 valence electrons. The molecule has 18 heavy (non-hydrogen) atoms. The van der Waals surface area contributed by atoms with Crippen molar-refractivity contribution < 1.29 is 4.52 Å². The van der Waals surface area contributed by atoms with Crippen molar-refractivity contribution >= 4 is 0 Å². The lowest BCUT2D eigenvalue weighted by molar-refractivity contribution is 0.370. The van der Waals surface area contributed by atoms with Gasteiger partial charge in [0.25, 0.3) is 0 Å². The standard InChI is InChI=1S/C14H19N3O/c1-9-6-11(18-16-9)8-17-10(2)7-12-13(15)4-3-5-14(12)17/h6-7,13H,3-5,8,15H2,1-2H3. The SMILES string of the molecule is Cc1cc(Cn2c(C)cc3c2CCCC3N)on1. The molecule has 2 aromatic rings. The van der Waals surface area contributed by atoms with Gasteiger partial charge in [0.05, 0.1) is 12.2 Å². The first-order chi connectivity index (χ1) is 8.65. The highest BCUT2D eigenvalue weighted by atomic mass is 16.5. The van der Waals surface area contributed by atoms with Gasteiger partial charge in [-0.1, -0.05) is 5.16 Å². The van der Waals surface area contributed by atoms with Gasteiger partial charge in [0.1, 0.15) is 0 Å². The van der Waals surface area contributed by atoms with Crippen molar-refractivity contribution in [3.8, 4) is 0 Å². The first-order valence-electron chi connectivity index (χ1n) is 6.52. The third-order valence-electron chi connectivity index (χ3n) is 3.77. The van der Waals surface area contributed by atoms with Crippen molar-refractivity contribution in [2.45, 2.75) is 45.7 Å². The predicted molar refractivity (Wildman–Crippen MR) is 69.4 cm³/mol. The minimum atomic E-state index is 0.199. The van der Waals surface area contributed by atoms with Crippen molar-refractivity contribution in [1.82, 2.24) is 9.72 Å². The van der Waals surface area contributed by atoms with Gasteiger partial charge < -0.3 is 14.8 Å². The van der Waals surface area contributed by atoms with Gasteiger partial charge in [0.2, 0.25) is 0 Å². The summed E-state index contributed by atoms with van der Waals surface area (Å²) in [6.07, 6.45) is 3.38. The molecule has 0 saturated heterocycles. The molecule has 0 spiro atoms. The second-order valence-electron chi connectivity index (χ2n) is 5.21. The minimum Gasteiger partial charge on any atom is -0.359 e. The maximum atomic E-state index is 6.18. The van der Waals surface area contributed by atoms with Crippen LogP contribution in [0.1, 0.15) is 47.3 Å². The minimum absolute atomic E-state index is 0.199. The lowest BCUT2D eigenvalue weighted by atomic mass is 9.93. The molecule has 0 radical (unpaired) electrons. The Morgan fingerprint density at radius 3 is 3.00 bits per heavy atom. The molecule has 0 saturated carbocycles. The van der Waals surface area contributed by atoms with Crippen LogP contribution in [0.3, 0.4) is 0 Å². The van der Waals surface area contributed by atoms with Gasteiger partial charge in [0, 0.05) is 23.5 Å². The average molecular weight is 245 g/mol. The largest absolute Gasteiger partial charge is 0.359 e. The topological polar surface area (TPSA) is 57.0 Å². The van der Waals surface area contributed by atoms with Gasteiger partial charge in [0.15, 0.2) is 5.76 Å². The first kappa shape index (κ1) is 11.5. The number of hydrogen-bond donors (Lipinski definition) is 1. The number of nitrogens with zero attached hydrogens (tertiary/aromatic N) is 2. The second-order valence-corrected chi connectivity index (χ2v) is 5.21. The fourth-order valence-electron chi connectivity index (χ4n) is 2.87. The lowest BCUT2D eigenvalue weighted by Crippen LogP contribution is -2.18. The van der Waals surface area contributed by atoms with E-state index in [1.165, 1.54) is 23.4 Å². The van der Waals surface area contributed by atoms with Crippen LogP contribution in [0.4, 0.5) is 0 Å². The van der Waals surface area contributed by atoms with Gasteiger partial charge in [-0.25, -0.2) is 0 Å². The Hall–Kier alpha value is -1.55. The number of aromatic nitrogens is 2. The Morgan fingerprint density at radius 2 is 2.28 bits per heavy atom. The number of nitrogens with two attached hydrogens (primary N) is 1. The maximum Gasteiger partial charge on any atom is 0.156 e. The summed E-state index contributed by atoms with van der Waals surface area (Å²) in [4.78, 5) is 0. The Morgan fingerprint density at radius 1 is 1.44 bits per heavy atom. The Labute approximate surface area is 107 Å². The highest BCUT2D eigenvalue weighted by molar-refractivity contribution is 5.33. The zero-order valence-electron chi connectivity index (χ0n) is 10.9. The molecule has 2 N–H and O–H groups in total. The van der Waals surface area contributed by atoms with E-state index in [0.717, 1.165) is 30.8 Å². The summed E-state index contributed by atoms with van der Waals surface area (Å²) >= 11 is 0. The quantitative estimate of drug-likeness (QED) is 0.884. The van der Waals surface area contributed by atoms with E-state index in [0.29, 0.717) is 0 Å². The Balaban J connectivity index is 1.97. The van der Waals surface area contributed by atoms with Crippen LogP contribution in [0.5, 0.6) is 0 Å². The molecule has 2 heterocycles. The van der Waals surface area contributed by atoms with Crippen LogP contribution in [0, 0.1) is 13.8 Å². The fourth-order valence-corrected chi connectivity index (χ4v) is 2.87. The van der Waals surface area contributed by atoms with Crippen LogP contribution >= 0.6 is 0 Å². The van der Waals surface area contributed by atoms with Crippen LogP contribution in [-0.4, -0.2) is 9.72 Å². The summed E-state index contributed by atoms with van der Waals surface area (Å²) in [5, 5.41) is 3.94. The van der Waals surface area contributed by atoms with E-state index in [4.69, 9.17) is 10.3 Å². The Kier molecular flexibility index (Phi) is 2.74. The summed E-state index contributed by atoms with van der Waals surface area (Å²) in [7, 11) is 0. The summed E-state index contributed by atoms with van der Waals surface area (Å²) in [5.41, 5.74) is 11.1. The van der Waals surface area contributed by atoms with Gasteiger partial charge in [-0.05, 0) is 44.7 Å². The summed E-state index contributed by atoms with van der Waals surface area (Å²) in [6.45, 7) is 4.84. The Bertz CT molecular complexity index is 568. The molecule has 0 aliphatic heterocycles. The predicted octanol–water partition coefficient (Wildman–Crippen LogP) is 2.48. The fraction of sp³-hybridized carbons (Fsp3) is 0.500.